The van der Waals surface area contributed by atoms with E-state index in [1.807, 2.05) is 53.8 Å². The highest BCUT2D eigenvalue weighted by molar-refractivity contribution is 6.00. The highest BCUT2D eigenvalue weighted by Gasteiger charge is 2.39. The summed E-state index contributed by atoms with van der Waals surface area (Å²) in [5.74, 6) is -13.4. The molecule has 0 saturated carbocycles. The molecule has 1 aliphatic heterocycles. The van der Waals surface area contributed by atoms with Crippen LogP contribution in [-0.4, -0.2) is 215 Å². The molecule has 34 heteroatoms. The molecule has 520 valence electrons. The van der Waals surface area contributed by atoms with Crippen molar-refractivity contribution in [2.45, 2.75) is 193 Å². The van der Waals surface area contributed by atoms with Gasteiger partial charge in [-0.15, -0.1) is 0 Å². The molecule has 0 spiro atoms. The quantitative estimate of drug-likeness (QED) is 0.0307. The Labute approximate surface area is 547 Å². The number of likely N-dealkylation sites (tertiary alicyclic amines) is 1. The van der Waals surface area contributed by atoms with Crippen molar-refractivity contribution >= 4 is 94.8 Å². The van der Waals surface area contributed by atoms with E-state index in [1.54, 1.807) is 0 Å². The SMILES string of the molecule is CNC(=O)CC[C@H](NC(=O)[C@H](C)NC(=O)[C@H](C)NC(=O)[C@H](C)NC(=O)[C@H](O)NC(=O)[C@H](C)NC(=O)[C@@H]1CCCN1C(=O)[C@H](C)NC(=O)[C@H](C)NC(=O)[C@H](C)NC(=O)[C@H](C)NC(=O)[C@H](C)NC(=O)[C@H](C)NC(=O)[C@H](C)NC(=O)OCC1c2ccccc2-c2ccccc21)C(=O)O. The molecule has 1 fully saturated rings. The first-order chi connectivity index (χ1) is 44.6. The van der Waals surface area contributed by atoms with Gasteiger partial charge in [0.15, 0.2) is 0 Å². The van der Waals surface area contributed by atoms with E-state index in [0.717, 1.165) is 22.3 Å². The third kappa shape index (κ3) is 22.5. The average Bonchev–Trinajstić information content (AvgIpc) is 1.63. The van der Waals surface area contributed by atoms with Gasteiger partial charge >= 0.3 is 12.1 Å². The Morgan fingerprint density at radius 2 is 0.789 bits per heavy atom. The maximum absolute atomic E-state index is 13.6. The largest absolute Gasteiger partial charge is 0.480 e. The van der Waals surface area contributed by atoms with Crippen molar-refractivity contribution in [1.82, 2.24) is 79.3 Å². The van der Waals surface area contributed by atoms with E-state index in [4.69, 9.17) is 4.74 Å². The van der Waals surface area contributed by atoms with Gasteiger partial charge < -0.3 is 94.3 Å². The highest BCUT2D eigenvalue weighted by atomic mass is 16.5. The summed E-state index contributed by atoms with van der Waals surface area (Å²) in [6.07, 6.45) is -3.06. The zero-order valence-electron chi connectivity index (χ0n) is 54.8. The molecule has 4 rings (SSSR count). The third-order valence-corrected chi connectivity index (χ3v) is 15.5. The molecular weight excluding hydrogens is 1250 g/mol. The number of carboxylic acid groups (broad SMARTS) is 1. The number of hydrogen-bond acceptors (Lipinski definition) is 18. The third-order valence-electron chi connectivity index (χ3n) is 15.5. The molecule has 0 radical (unpaired) electrons. The van der Waals surface area contributed by atoms with Crippen molar-refractivity contribution in [3.8, 4) is 11.1 Å². The van der Waals surface area contributed by atoms with Gasteiger partial charge in [0.05, 0.1) is 0 Å². The first-order valence-corrected chi connectivity index (χ1v) is 30.7. The minimum absolute atomic E-state index is 0.0135. The first kappa shape index (κ1) is 77.2. The van der Waals surface area contributed by atoms with Gasteiger partial charge in [-0.25, -0.2) is 9.59 Å². The predicted molar refractivity (Wildman–Crippen MR) is 335 cm³/mol. The monoisotopic (exact) mass is 1330 g/mol. The molecule has 95 heavy (non-hydrogen) atoms. The zero-order valence-corrected chi connectivity index (χ0v) is 54.8. The average molecular weight is 1330 g/mol. The number of aliphatic carboxylic acids is 1. The summed E-state index contributed by atoms with van der Waals surface area (Å²) in [6, 6.07) is -0.996. The minimum atomic E-state index is -2.26. The Balaban J connectivity index is 1.13. The zero-order chi connectivity index (χ0) is 71.3. The maximum Gasteiger partial charge on any atom is 0.407 e. The van der Waals surface area contributed by atoms with Crippen LogP contribution in [0, 0.1) is 0 Å². The topological polar surface area (TPSA) is 494 Å². The number of amides is 15. The number of hydrogen-bond donors (Lipinski definition) is 16. The van der Waals surface area contributed by atoms with E-state index in [0.29, 0.717) is 6.42 Å². The van der Waals surface area contributed by atoms with Crippen molar-refractivity contribution in [2.75, 3.05) is 20.2 Å². The number of nitrogens with zero attached hydrogens (tertiary/aromatic N) is 1. The molecule has 2 aromatic carbocycles. The predicted octanol–water partition coefficient (Wildman–Crippen LogP) is -4.52. The number of nitrogens with one attached hydrogen (secondary N) is 14. The van der Waals surface area contributed by atoms with Crippen LogP contribution in [0.4, 0.5) is 4.79 Å². The van der Waals surface area contributed by atoms with Crippen LogP contribution in [0.5, 0.6) is 0 Å². The van der Waals surface area contributed by atoms with Crippen LogP contribution in [0.2, 0.25) is 0 Å². The summed E-state index contributed by atoms with van der Waals surface area (Å²) < 4.78 is 5.51. The van der Waals surface area contributed by atoms with E-state index in [-0.39, 0.29) is 38.3 Å². The molecule has 34 nitrogen and oxygen atoms in total. The highest BCUT2D eigenvalue weighted by Crippen LogP contribution is 2.44. The summed E-state index contributed by atoms with van der Waals surface area (Å²) in [7, 11) is 1.35. The molecule has 1 aliphatic carbocycles. The van der Waals surface area contributed by atoms with Crippen LogP contribution in [-0.2, 0) is 76.7 Å². The van der Waals surface area contributed by atoms with E-state index in [2.05, 4.69) is 69.1 Å². The molecule has 2 aromatic rings. The summed E-state index contributed by atoms with van der Waals surface area (Å²) in [4.78, 5) is 206. The number of benzene rings is 2. The Bertz CT molecular complexity index is 3190. The fourth-order valence-corrected chi connectivity index (χ4v) is 9.67. The van der Waals surface area contributed by atoms with Gasteiger partial charge in [-0.05, 0) is 118 Å². The normalized spacial score (nSPS) is 17.1. The smallest absolute Gasteiger partial charge is 0.407 e. The van der Waals surface area contributed by atoms with E-state index in [9.17, 15) is 86.9 Å². The first-order valence-electron chi connectivity index (χ1n) is 30.7. The Morgan fingerprint density at radius 1 is 0.453 bits per heavy atom. The number of carbonyl (C=O) groups is 16. The lowest BCUT2D eigenvalue weighted by Gasteiger charge is -2.28. The molecule has 16 N–H and O–H groups in total. The molecule has 14 atom stereocenters. The Morgan fingerprint density at radius 3 is 1.18 bits per heavy atom. The number of alkyl carbamates (subject to hydrolysis) is 1. The Kier molecular flexibility index (Phi) is 29.0. The van der Waals surface area contributed by atoms with Crippen molar-refractivity contribution in [3.05, 3.63) is 59.7 Å². The Hall–Kier alpha value is -10.3. The molecule has 0 unspecified atom stereocenters. The van der Waals surface area contributed by atoms with Crippen molar-refractivity contribution < 1.29 is 91.7 Å². The van der Waals surface area contributed by atoms with Gasteiger partial charge in [0.1, 0.15) is 85.2 Å². The summed E-state index contributed by atoms with van der Waals surface area (Å²) >= 11 is 0. The van der Waals surface area contributed by atoms with Crippen LogP contribution >= 0.6 is 0 Å². The van der Waals surface area contributed by atoms with E-state index >= 15 is 0 Å². The molecule has 15 amide bonds. The van der Waals surface area contributed by atoms with Crippen molar-refractivity contribution in [1.29, 1.82) is 0 Å². The number of aliphatic hydroxyl groups excluding tert-OH is 1. The summed E-state index contributed by atoms with van der Waals surface area (Å²) in [5.41, 5.74) is 4.09. The van der Waals surface area contributed by atoms with Crippen molar-refractivity contribution in [3.63, 3.8) is 0 Å². The van der Waals surface area contributed by atoms with Gasteiger partial charge in [-0.2, -0.15) is 0 Å². The van der Waals surface area contributed by atoms with E-state index in [1.165, 1.54) is 88.1 Å². The van der Waals surface area contributed by atoms with Crippen LogP contribution in [0.15, 0.2) is 48.5 Å². The maximum atomic E-state index is 13.6. The van der Waals surface area contributed by atoms with Crippen LogP contribution in [0.25, 0.3) is 11.1 Å². The van der Waals surface area contributed by atoms with Crippen molar-refractivity contribution in [2.24, 2.45) is 0 Å². The number of carboxylic acids is 1. The summed E-state index contributed by atoms with van der Waals surface area (Å²) in [6.45, 7) is 14.3. The minimum Gasteiger partial charge on any atom is -0.480 e. The number of rotatable bonds is 32. The molecule has 0 bridgehead atoms. The second-order valence-corrected chi connectivity index (χ2v) is 23.2. The molecule has 2 aliphatic rings. The lowest BCUT2D eigenvalue weighted by molar-refractivity contribution is -0.143. The fourth-order valence-electron chi connectivity index (χ4n) is 9.67. The number of carbonyl (C=O) groups excluding carboxylic acids is 15. The van der Waals surface area contributed by atoms with Crippen LogP contribution in [0.1, 0.15) is 119 Å². The number of aliphatic hydroxyl groups is 1. The molecule has 0 aromatic heterocycles. The molecule has 1 saturated heterocycles. The standard InChI is InChI=1S/C61H87N15O19/c1-27(63-47(79)28(2)65-49(81)31(5)68-53(85)36(10)73-61(94)95-26-42-40-20-15-13-18-38(40)39-19-14-16-21-41(39)42)46(78)64-29(3)48(80)67-32(6)52(84)72-37(11)59(91)76-25-17-22-44(76)56(88)70-35(9)55(87)75-58(90)57(89)71-33(7)51(83)66-30(4)50(82)69-34(8)54(86)74-43(60(92)93)23-24-45(77)62-12/h13-16,18-21,27-37,42-44,58,90H,17,22-26H2,1-12H3,(H,62,77)(H,63,79)(H,64,78)(H,65,81)(H,66,83)(H,67,80)(H,68,85)(H,69,82)(H,70,88)(H,71,89)(H,72,84)(H,73,94)(H,74,86)(H,75,87)(H,92,93)/t27-,28-,29-,30-,31-,32-,33-,34-,35-,36-,37-,43-,44-,58-/m0/s1. The second-order valence-electron chi connectivity index (χ2n) is 23.2. The fraction of sp³-hybridized carbons (Fsp3) is 0.541. The van der Waals surface area contributed by atoms with Gasteiger partial charge in [0, 0.05) is 25.9 Å². The lowest BCUT2D eigenvalue weighted by atomic mass is 9.98. The number of ether oxygens (including phenoxy) is 1. The number of fused-ring (bicyclic) bond motifs is 3. The van der Waals surface area contributed by atoms with Gasteiger partial charge in [0.2, 0.25) is 83.0 Å². The van der Waals surface area contributed by atoms with Crippen LogP contribution < -0.4 is 74.4 Å². The van der Waals surface area contributed by atoms with Crippen LogP contribution in [0.3, 0.4) is 0 Å². The van der Waals surface area contributed by atoms with Gasteiger partial charge in [-0.3, -0.25) is 67.1 Å². The summed E-state index contributed by atoms with van der Waals surface area (Å²) in [5, 5.41) is 52.6. The second kappa shape index (κ2) is 35.7. The van der Waals surface area contributed by atoms with Gasteiger partial charge in [-0.1, -0.05) is 48.5 Å². The molecule has 1 heterocycles. The van der Waals surface area contributed by atoms with E-state index < -0.39 is 180 Å². The molecular formula is C61H87N15O19. The lowest BCUT2D eigenvalue weighted by Crippen LogP contribution is -2.59. The van der Waals surface area contributed by atoms with Gasteiger partial charge in [0.25, 0.3) is 5.91 Å².